The van der Waals surface area contributed by atoms with Gasteiger partial charge in [0.15, 0.2) is 5.11 Å². The van der Waals surface area contributed by atoms with Gasteiger partial charge in [-0.15, -0.1) is 0 Å². The van der Waals surface area contributed by atoms with Crippen LogP contribution in [0.15, 0.2) is 89.7 Å². The summed E-state index contributed by atoms with van der Waals surface area (Å²) in [7, 11) is 0. The molecule has 0 aliphatic carbocycles. The third-order valence-electron chi connectivity index (χ3n) is 7.36. The molecule has 0 bridgehead atoms. The lowest BCUT2D eigenvalue weighted by atomic mass is 9.99. The van der Waals surface area contributed by atoms with Crippen molar-refractivity contribution >= 4 is 28.4 Å². The number of nitrogens with two attached hydrogens (primary N) is 1. The van der Waals surface area contributed by atoms with Crippen LogP contribution < -0.4 is 16.7 Å². The van der Waals surface area contributed by atoms with Gasteiger partial charge in [-0.25, -0.2) is 4.79 Å². The monoisotopic (exact) mass is 513 g/mol. The SMILES string of the molecule is NCCCCn1c(=O)n(C2CCN(C(=S)NC(c3ccccc3)c3ccccc3)CC2)c2ccccc21. The number of imidazole rings is 1. The van der Waals surface area contributed by atoms with Crippen LogP contribution in [-0.4, -0.2) is 38.8 Å². The topological polar surface area (TPSA) is 68.2 Å². The van der Waals surface area contributed by atoms with Crippen LogP contribution in [0.5, 0.6) is 0 Å². The molecular weight excluding hydrogens is 478 g/mol. The van der Waals surface area contributed by atoms with Gasteiger partial charge in [0.2, 0.25) is 0 Å². The summed E-state index contributed by atoms with van der Waals surface area (Å²) in [4.78, 5) is 15.7. The highest BCUT2D eigenvalue weighted by Crippen LogP contribution is 2.27. The van der Waals surface area contributed by atoms with E-state index in [9.17, 15) is 4.79 Å². The number of likely N-dealkylation sites (tertiary alicyclic amines) is 1. The highest BCUT2D eigenvalue weighted by molar-refractivity contribution is 7.80. The standard InChI is InChI=1S/C30H35N5OS/c31-19-9-10-20-34-26-15-7-8-16-27(26)35(30(34)36)25-17-21-33(22-18-25)29(37)32-28(23-11-3-1-4-12-23)24-13-5-2-6-14-24/h1-8,11-16,25,28H,9-10,17-22,31H2,(H,32,37). The van der Waals surface area contributed by atoms with Crippen molar-refractivity contribution in [3.63, 3.8) is 0 Å². The molecule has 2 heterocycles. The number of nitrogens with one attached hydrogen (secondary N) is 1. The van der Waals surface area contributed by atoms with E-state index in [1.165, 1.54) is 11.1 Å². The first-order chi connectivity index (χ1) is 18.2. The van der Waals surface area contributed by atoms with Gasteiger partial charge >= 0.3 is 5.69 Å². The molecule has 0 saturated carbocycles. The predicted molar refractivity (Wildman–Crippen MR) is 155 cm³/mol. The van der Waals surface area contributed by atoms with Crippen molar-refractivity contribution in [3.05, 3.63) is 107 Å². The van der Waals surface area contributed by atoms with Crippen molar-refractivity contribution in [1.29, 1.82) is 0 Å². The van der Waals surface area contributed by atoms with Crippen molar-refractivity contribution in [2.24, 2.45) is 5.73 Å². The molecular formula is C30H35N5OS. The maximum Gasteiger partial charge on any atom is 0.329 e. The van der Waals surface area contributed by atoms with E-state index < -0.39 is 0 Å². The van der Waals surface area contributed by atoms with Crippen LogP contribution in [0.4, 0.5) is 0 Å². The van der Waals surface area contributed by atoms with Crippen LogP contribution in [0.3, 0.4) is 0 Å². The van der Waals surface area contributed by atoms with E-state index in [4.69, 9.17) is 18.0 Å². The summed E-state index contributed by atoms with van der Waals surface area (Å²) in [6.45, 7) is 2.98. The van der Waals surface area contributed by atoms with Gasteiger partial charge in [-0.2, -0.15) is 0 Å². The van der Waals surface area contributed by atoms with Crippen molar-refractivity contribution in [3.8, 4) is 0 Å². The van der Waals surface area contributed by atoms with Gasteiger partial charge in [-0.3, -0.25) is 9.13 Å². The zero-order valence-corrected chi connectivity index (χ0v) is 21.9. The molecule has 1 fully saturated rings. The molecule has 1 aliphatic rings. The molecule has 6 nitrogen and oxygen atoms in total. The van der Waals surface area contributed by atoms with Crippen molar-refractivity contribution in [2.75, 3.05) is 19.6 Å². The highest BCUT2D eigenvalue weighted by atomic mass is 32.1. The van der Waals surface area contributed by atoms with Gasteiger partial charge in [-0.05, 0) is 67.7 Å². The first-order valence-electron chi connectivity index (χ1n) is 13.2. The minimum atomic E-state index is -0.0123. The first kappa shape index (κ1) is 25.2. The molecule has 192 valence electrons. The van der Waals surface area contributed by atoms with Crippen LogP contribution >= 0.6 is 12.2 Å². The summed E-state index contributed by atoms with van der Waals surface area (Å²) in [6, 6.07) is 29.1. The normalized spacial score (nSPS) is 14.4. The lowest BCUT2D eigenvalue weighted by Crippen LogP contribution is -2.46. The Balaban J connectivity index is 1.31. The van der Waals surface area contributed by atoms with Crippen molar-refractivity contribution < 1.29 is 0 Å². The van der Waals surface area contributed by atoms with E-state index >= 15 is 0 Å². The van der Waals surface area contributed by atoms with Crippen molar-refractivity contribution in [2.45, 2.75) is 44.3 Å². The second-order valence-electron chi connectivity index (χ2n) is 9.71. The van der Waals surface area contributed by atoms with Gasteiger partial charge in [0.1, 0.15) is 0 Å². The lowest BCUT2D eigenvalue weighted by Gasteiger charge is -2.35. The molecule has 1 aliphatic heterocycles. The van der Waals surface area contributed by atoms with E-state index in [2.05, 4.69) is 70.9 Å². The largest absolute Gasteiger partial charge is 0.352 e. The Morgan fingerprint density at radius 2 is 1.43 bits per heavy atom. The summed E-state index contributed by atoms with van der Waals surface area (Å²) < 4.78 is 3.94. The predicted octanol–water partition coefficient (Wildman–Crippen LogP) is 4.84. The maximum atomic E-state index is 13.5. The quantitative estimate of drug-likeness (QED) is 0.261. The van der Waals surface area contributed by atoms with E-state index in [1.807, 2.05) is 33.4 Å². The number of hydrogen-bond donors (Lipinski definition) is 2. The zero-order valence-electron chi connectivity index (χ0n) is 21.1. The average molecular weight is 514 g/mol. The fraction of sp³-hybridized carbons (Fsp3) is 0.333. The lowest BCUT2D eigenvalue weighted by molar-refractivity contribution is 0.262. The summed E-state index contributed by atoms with van der Waals surface area (Å²) in [5.41, 5.74) is 10.2. The average Bonchev–Trinajstić information content (AvgIpc) is 3.23. The number of rotatable bonds is 8. The van der Waals surface area contributed by atoms with Crippen molar-refractivity contribution in [1.82, 2.24) is 19.4 Å². The van der Waals surface area contributed by atoms with Crippen LogP contribution in [0.25, 0.3) is 11.0 Å². The molecule has 1 saturated heterocycles. The Hall–Kier alpha value is -3.42. The van der Waals surface area contributed by atoms with Gasteiger partial charge in [0, 0.05) is 25.7 Å². The molecule has 1 aromatic heterocycles. The maximum absolute atomic E-state index is 13.5. The van der Waals surface area contributed by atoms with Crippen LogP contribution in [0.2, 0.25) is 0 Å². The number of hydrogen-bond acceptors (Lipinski definition) is 3. The number of aromatic nitrogens is 2. The minimum absolute atomic E-state index is 0.0123. The summed E-state index contributed by atoms with van der Waals surface area (Å²) in [5.74, 6) is 0. The second kappa shape index (κ2) is 11.8. The van der Waals surface area contributed by atoms with E-state index in [0.29, 0.717) is 13.1 Å². The second-order valence-corrected chi connectivity index (χ2v) is 10.1. The van der Waals surface area contributed by atoms with E-state index in [1.54, 1.807) is 0 Å². The molecule has 3 N–H and O–H groups in total. The fourth-order valence-electron chi connectivity index (χ4n) is 5.41. The summed E-state index contributed by atoms with van der Waals surface area (Å²) in [6.07, 6.45) is 3.58. The Bertz CT molecular complexity index is 1330. The fourth-order valence-corrected chi connectivity index (χ4v) is 5.71. The zero-order chi connectivity index (χ0) is 25.6. The summed E-state index contributed by atoms with van der Waals surface area (Å²) in [5, 5.41) is 4.38. The third-order valence-corrected chi connectivity index (χ3v) is 7.73. The van der Waals surface area contributed by atoms with Gasteiger partial charge in [0.25, 0.3) is 0 Å². The molecule has 0 radical (unpaired) electrons. The molecule has 3 aromatic carbocycles. The molecule has 0 atom stereocenters. The van der Waals surface area contributed by atoms with E-state index in [-0.39, 0.29) is 17.8 Å². The van der Waals surface area contributed by atoms with Crippen LogP contribution in [0.1, 0.15) is 48.9 Å². The molecule has 0 amide bonds. The van der Waals surface area contributed by atoms with Crippen LogP contribution in [0, 0.1) is 0 Å². The minimum Gasteiger partial charge on any atom is -0.352 e. The molecule has 5 rings (SSSR count). The molecule has 4 aromatic rings. The number of para-hydroxylation sites is 2. The smallest absolute Gasteiger partial charge is 0.329 e. The summed E-state index contributed by atoms with van der Waals surface area (Å²) >= 11 is 5.90. The highest BCUT2D eigenvalue weighted by Gasteiger charge is 2.27. The number of unbranched alkanes of at least 4 members (excludes halogenated alkanes) is 1. The molecule has 7 heteroatoms. The number of fused-ring (bicyclic) bond motifs is 1. The first-order valence-corrected chi connectivity index (χ1v) is 13.6. The van der Waals surface area contributed by atoms with Gasteiger partial charge in [-0.1, -0.05) is 72.8 Å². The Morgan fingerprint density at radius 1 is 0.865 bits per heavy atom. The number of benzene rings is 3. The Labute approximate surface area is 223 Å². The number of piperidine rings is 1. The van der Waals surface area contributed by atoms with Crippen LogP contribution in [-0.2, 0) is 6.54 Å². The molecule has 37 heavy (non-hydrogen) atoms. The van der Waals surface area contributed by atoms with Gasteiger partial charge < -0.3 is 16.0 Å². The molecule has 0 unspecified atom stereocenters. The molecule has 0 spiro atoms. The third kappa shape index (κ3) is 5.48. The van der Waals surface area contributed by atoms with Gasteiger partial charge in [0.05, 0.1) is 17.1 Å². The number of thiocarbonyl (C=S) groups is 1. The number of nitrogens with zero attached hydrogens (tertiary/aromatic N) is 3. The Morgan fingerprint density at radius 3 is 2.03 bits per heavy atom. The Kier molecular flexibility index (Phi) is 8.02. The number of aryl methyl sites for hydroxylation is 1. The van der Waals surface area contributed by atoms with E-state index in [0.717, 1.165) is 54.9 Å².